The lowest BCUT2D eigenvalue weighted by Crippen LogP contribution is -2.19. The quantitative estimate of drug-likeness (QED) is 0.851. The van der Waals surface area contributed by atoms with Crippen molar-refractivity contribution in [3.05, 3.63) is 17.3 Å². The molecule has 0 radical (unpaired) electrons. The molecule has 1 aromatic heterocycles. The molecular formula is C10H13ClN2O2. The number of halogens is 1. The largest absolute Gasteiger partial charge is 0.487 e. The van der Waals surface area contributed by atoms with Gasteiger partial charge in [-0.25, -0.2) is 4.98 Å². The molecule has 5 heteroatoms. The normalized spacial score (nSPS) is 20.3. The van der Waals surface area contributed by atoms with Gasteiger partial charge in [0.2, 0.25) is 5.88 Å². The first-order chi connectivity index (χ1) is 7.29. The third kappa shape index (κ3) is 2.52. The average Bonchev–Trinajstić information content (AvgIpc) is 2.71. The van der Waals surface area contributed by atoms with Gasteiger partial charge in [-0.15, -0.1) is 0 Å². The lowest BCUT2D eigenvalue weighted by molar-refractivity contribution is 0.221. The Hall–Kier alpha value is -1.00. The highest BCUT2D eigenvalue weighted by Gasteiger charge is 2.16. The molecule has 0 saturated carbocycles. The van der Waals surface area contributed by atoms with Crippen LogP contribution >= 0.6 is 11.6 Å². The smallest absolute Gasteiger partial charge is 0.232 e. The summed E-state index contributed by atoms with van der Waals surface area (Å²) in [6.07, 6.45) is 2.86. The molecule has 15 heavy (non-hydrogen) atoms. The monoisotopic (exact) mass is 228 g/mol. The van der Waals surface area contributed by atoms with Crippen LogP contribution in [0.3, 0.4) is 0 Å². The van der Waals surface area contributed by atoms with Crippen molar-refractivity contribution in [1.82, 2.24) is 10.3 Å². The zero-order chi connectivity index (χ0) is 10.7. The summed E-state index contributed by atoms with van der Waals surface area (Å²) in [4.78, 5) is 4.04. The summed E-state index contributed by atoms with van der Waals surface area (Å²) in [5.41, 5.74) is 0. The molecule has 0 aliphatic carbocycles. The third-order valence-corrected chi connectivity index (χ3v) is 2.56. The van der Waals surface area contributed by atoms with Crippen molar-refractivity contribution in [2.75, 3.05) is 20.2 Å². The Kier molecular flexibility index (Phi) is 3.28. The van der Waals surface area contributed by atoms with Gasteiger partial charge in [0, 0.05) is 12.6 Å². The fraction of sp³-hybridized carbons (Fsp3) is 0.500. The number of methoxy groups -OCH3 is 1. The minimum atomic E-state index is 0.219. The topological polar surface area (TPSA) is 43.4 Å². The molecule has 2 rings (SSSR count). The van der Waals surface area contributed by atoms with E-state index in [9.17, 15) is 0 Å². The van der Waals surface area contributed by atoms with Gasteiger partial charge in [-0.1, -0.05) is 11.6 Å². The highest BCUT2D eigenvalue weighted by Crippen LogP contribution is 2.26. The van der Waals surface area contributed by atoms with E-state index >= 15 is 0 Å². The van der Waals surface area contributed by atoms with E-state index in [0.717, 1.165) is 19.5 Å². The first-order valence-electron chi connectivity index (χ1n) is 4.86. The van der Waals surface area contributed by atoms with Crippen LogP contribution in [0.15, 0.2) is 12.3 Å². The standard InChI is InChI=1S/C10H13ClN2O2/c1-14-10-9(11)4-8(6-13-10)15-7-2-3-12-5-7/h4,6-7,12H,2-3,5H2,1H3. The molecule has 4 nitrogen and oxygen atoms in total. The van der Waals surface area contributed by atoms with Crippen molar-refractivity contribution in [2.24, 2.45) is 0 Å². The number of ether oxygens (including phenoxy) is 2. The van der Waals surface area contributed by atoms with E-state index in [-0.39, 0.29) is 6.10 Å². The van der Waals surface area contributed by atoms with Gasteiger partial charge in [0.15, 0.2) is 0 Å². The van der Waals surface area contributed by atoms with Gasteiger partial charge >= 0.3 is 0 Å². The zero-order valence-electron chi connectivity index (χ0n) is 8.50. The number of hydrogen-bond acceptors (Lipinski definition) is 4. The number of hydrogen-bond donors (Lipinski definition) is 1. The molecule has 0 amide bonds. The molecule has 1 atom stereocenters. The molecule has 1 aliphatic rings. The van der Waals surface area contributed by atoms with Gasteiger partial charge in [-0.3, -0.25) is 0 Å². The molecule has 1 saturated heterocycles. The molecule has 1 aliphatic heterocycles. The maximum absolute atomic E-state index is 5.93. The van der Waals surface area contributed by atoms with E-state index < -0.39 is 0 Å². The lowest BCUT2D eigenvalue weighted by atomic mass is 10.3. The number of rotatable bonds is 3. The Morgan fingerprint density at radius 2 is 2.47 bits per heavy atom. The molecule has 1 aromatic rings. The van der Waals surface area contributed by atoms with Crippen molar-refractivity contribution in [3.8, 4) is 11.6 Å². The molecule has 82 valence electrons. The minimum absolute atomic E-state index is 0.219. The Balaban J connectivity index is 2.05. The average molecular weight is 229 g/mol. The van der Waals surface area contributed by atoms with Crippen LogP contribution in [0.4, 0.5) is 0 Å². The molecule has 1 N–H and O–H groups in total. The fourth-order valence-electron chi connectivity index (χ4n) is 1.54. The van der Waals surface area contributed by atoms with Crippen molar-refractivity contribution in [3.63, 3.8) is 0 Å². The van der Waals surface area contributed by atoms with E-state index in [0.29, 0.717) is 16.7 Å². The van der Waals surface area contributed by atoms with Crippen molar-refractivity contribution in [1.29, 1.82) is 0 Å². The summed E-state index contributed by atoms with van der Waals surface area (Å²) in [5.74, 6) is 1.11. The van der Waals surface area contributed by atoms with Crippen LogP contribution < -0.4 is 14.8 Å². The molecule has 1 unspecified atom stereocenters. The van der Waals surface area contributed by atoms with E-state index in [2.05, 4.69) is 10.3 Å². The summed E-state index contributed by atoms with van der Waals surface area (Å²) in [6.45, 7) is 1.88. The van der Waals surface area contributed by atoms with Gasteiger partial charge in [0.05, 0.1) is 13.3 Å². The summed E-state index contributed by atoms with van der Waals surface area (Å²) in [7, 11) is 1.54. The summed E-state index contributed by atoms with van der Waals surface area (Å²) in [6, 6.07) is 1.73. The summed E-state index contributed by atoms with van der Waals surface area (Å²) >= 11 is 5.93. The number of nitrogens with one attached hydrogen (secondary N) is 1. The molecule has 0 bridgehead atoms. The van der Waals surface area contributed by atoms with E-state index in [1.807, 2.05) is 0 Å². The Morgan fingerprint density at radius 1 is 1.60 bits per heavy atom. The Morgan fingerprint density at radius 3 is 3.07 bits per heavy atom. The van der Waals surface area contributed by atoms with Crippen LogP contribution in [-0.2, 0) is 0 Å². The minimum Gasteiger partial charge on any atom is -0.487 e. The first-order valence-corrected chi connectivity index (χ1v) is 5.24. The van der Waals surface area contributed by atoms with Gasteiger partial charge in [0.25, 0.3) is 0 Å². The summed E-state index contributed by atoms with van der Waals surface area (Å²) < 4.78 is 10.6. The van der Waals surface area contributed by atoms with Crippen molar-refractivity contribution in [2.45, 2.75) is 12.5 Å². The predicted molar refractivity (Wildman–Crippen MR) is 57.7 cm³/mol. The van der Waals surface area contributed by atoms with Gasteiger partial charge in [0.1, 0.15) is 16.9 Å². The van der Waals surface area contributed by atoms with Crippen molar-refractivity contribution >= 4 is 11.6 Å². The second kappa shape index (κ2) is 4.68. The third-order valence-electron chi connectivity index (χ3n) is 2.29. The van der Waals surface area contributed by atoms with Crippen LogP contribution in [0.25, 0.3) is 0 Å². The predicted octanol–water partition coefficient (Wildman–Crippen LogP) is 1.48. The number of aromatic nitrogens is 1. The second-order valence-electron chi connectivity index (χ2n) is 3.39. The molecule has 1 fully saturated rings. The van der Waals surface area contributed by atoms with Crippen LogP contribution in [0.5, 0.6) is 11.6 Å². The number of nitrogens with zero attached hydrogens (tertiary/aromatic N) is 1. The highest BCUT2D eigenvalue weighted by molar-refractivity contribution is 6.31. The molecule has 0 aromatic carbocycles. The van der Waals surface area contributed by atoms with Gasteiger partial charge in [-0.2, -0.15) is 0 Å². The summed E-state index contributed by atoms with van der Waals surface area (Å²) in [5, 5.41) is 3.70. The second-order valence-corrected chi connectivity index (χ2v) is 3.80. The Labute approximate surface area is 93.6 Å². The maximum atomic E-state index is 5.93. The van der Waals surface area contributed by atoms with E-state index in [1.165, 1.54) is 7.11 Å². The van der Waals surface area contributed by atoms with Crippen LogP contribution in [-0.4, -0.2) is 31.3 Å². The molecular weight excluding hydrogens is 216 g/mol. The van der Waals surface area contributed by atoms with Gasteiger partial charge < -0.3 is 14.8 Å². The van der Waals surface area contributed by atoms with Crippen molar-refractivity contribution < 1.29 is 9.47 Å². The first kappa shape index (κ1) is 10.5. The van der Waals surface area contributed by atoms with E-state index in [4.69, 9.17) is 21.1 Å². The van der Waals surface area contributed by atoms with E-state index in [1.54, 1.807) is 12.3 Å². The fourth-order valence-corrected chi connectivity index (χ4v) is 1.78. The lowest BCUT2D eigenvalue weighted by Gasteiger charge is -2.12. The van der Waals surface area contributed by atoms with Crippen LogP contribution in [0.1, 0.15) is 6.42 Å². The Bertz CT molecular complexity index is 340. The highest BCUT2D eigenvalue weighted by atomic mass is 35.5. The van der Waals surface area contributed by atoms with Gasteiger partial charge in [-0.05, 0) is 13.0 Å². The van der Waals surface area contributed by atoms with Crippen LogP contribution in [0, 0.1) is 0 Å². The van der Waals surface area contributed by atoms with Crippen LogP contribution in [0.2, 0.25) is 5.02 Å². The number of pyridine rings is 1. The molecule has 0 spiro atoms. The maximum Gasteiger partial charge on any atom is 0.232 e. The zero-order valence-corrected chi connectivity index (χ0v) is 9.25. The SMILES string of the molecule is COc1ncc(OC2CCNC2)cc1Cl. The molecule has 2 heterocycles.